The van der Waals surface area contributed by atoms with Crippen molar-refractivity contribution < 1.29 is 4.39 Å². The van der Waals surface area contributed by atoms with Crippen molar-refractivity contribution in [3.63, 3.8) is 0 Å². The maximum Gasteiger partial charge on any atom is 0.115 e. The monoisotopic (exact) mass is 210 g/mol. The zero-order valence-electron chi connectivity index (χ0n) is 10.6. The third kappa shape index (κ3) is 4.46. The van der Waals surface area contributed by atoms with Crippen LogP contribution in [0.15, 0.2) is 34.9 Å². The van der Waals surface area contributed by atoms with E-state index in [4.69, 9.17) is 0 Å². The van der Waals surface area contributed by atoms with Crippen molar-refractivity contribution in [2.45, 2.75) is 41.0 Å². The van der Waals surface area contributed by atoms with Crippen LogP contribution in [0.3, 0.4) is 0 Å². The summed E-state index contributed by atoms with van der Waals surface area (Å²) in [5, 5.41) is 0. The summed E-state index contributed by atoms with van der Waals surface area (Å²) in [6.45, 7) is 10.0. The van der Waals surface area contributed by atoms with Gasteiger partial charge in [0.25, 0.3) is 0 Å². The molecule has 0 aromatic rings. The van der Waals surface area contributed by atoms with E-state index in [1.165, 1.54) is 11.1 Å². The van der Waals surface area contributed by atoms with Crippen molar-refractivity contribution in [1.82, 2.24) is 0 Å². The smallest absolute Gasteiger partial charge is 0.115 e. The molecule has 0 atom stereocenters. The van der Waals surface area contributed by atoms with E-state index in [1.54, 1.807) is 0 Å². The molecule has 86 valence electrons. The highest BCUT2D eigenvalue weighted by Gasteiger charge is 2.11. The fourth-order valence-corrected chi connectivity index (χ4v) is 1.75. The van der Waals surface area contributed by atoms with E-state index in [-0.39, 0.29) is 6.67 Å². The molecule has 0 heterocycles. The van der Waals surface area contributed by atoms with Crippen LogP contribution in [0.4, 0.5) is 4.39 Å². The second-order valence-corrected chi connectivity index (χ2v) is 4.05. The lowest BCUT2D eigenvalue weighted by Crippen LogP contribution is -2.03. The summed E-state index contributed by atoms with van der Waals surface area (Å²) in [4.78, 5) is 0. The summed E-state index contributed by atoms with van der Waals surface area (Å²) in [6, 6.07) is 0. The summed E-state index contributed by atoms with van der Waals surface area (Å²) >= 11 is 0. The number of alkyl halides is 1. The van der Waals surface area contributed by atoms with Crippen LogP contribution in [0, 0.1) is 5.92 Å². The molecule has 0 fully saturated rings. The molecular formula is C14H23F. The first kappa shape index (κ1) is 14.2. The Balaban J connectivity index is 5.23. The number of halogens is 1. The van der Waals surface area contributed by atoms with Gasteiger partial charge in [-0.05, 0) is 37.3 Å². The van der Waals surface area contributed by atoms with Crippen LogP contribution >= 0.6 is 0 Å². The molecule has 0 saturated carbocycles. The lowest BCUT2D eigenvalue weighted by molar-refractivity contribution is 0.537. The van der Waals surface area contributed by atoms with Gasteiger partial charge in [-0.1, -0.05) is 44.6 Å². The summed E-state index contributed by atoms with van der Waals surface area (Å²) in [5.74, 6) is 0.386. The third-order valence-corrected chi connectivity index (χ3v) is 2.55. The topological polar surface area (TPSA) is 0 Å². The van der Waals surface area contributed by atoms with Gasteiger partial charge in [0.05, 0.1) is 0 Å². The Hall–Kier alpha value is -0.850. The second kappa shape index (κ2) is 7.44. The van der Waals surface area contributed by atoms with Gasteiger partial charge in [0.2, 0.25) is 0 Å². The lowest BCUT2D eigenvalue weighted by Gasteiger charge is -2.16. The van der Waals surface area contributed by atoms with Crippen LogP contribution in [0.25, 0.3) is 0 Å². The molecule has 0 bridgehead atoms. The molecule has 0 aliphatic heterocycles. The van der Waals surface area contributed by atoms with Gasteiger partial charge in [-0.15, -0.1) is 0 Å². The SMILES string of the molecule is C\C=C/C=C(CF)\C(=C(\C)CC)C(C)C. The van der Waals surface area contributed by atoms with E-state index in [1.807, 2.05) is 25.2 Å². The average Bonchev–Trinajstić information content (AvgIpc) is 2.22. The van der Waals surface area contributed by atoms with Crippen molar-refractivity contribution in [3.8, 4) is 0 Å². The summed E-state index contributed by atoms with van der Waals surface area (Å²) in [6.07, 6.45) is 6.70. The van der Waals surface area contributed by atoms with E-state index < -0.39 is 0 Å². The third-order valence-electron chi connectivity index (χ3n) is 2.55. The van der Waals surface area contributed by atoms with Gasteiger partial charge in [0.1, 0.15) is 6.67 Å². The van der Waals surface area contributed by atoms with Crippen LogP contribution in [0.1, 0.15) is 41.0 Å². The minimum Gasteiger partial charge on any atom is -0.246 e. The quantitative estimate of drug-likeness (QED) is 0.569. The molecular weight excluding hydrogens is 187 g/mol. The largest absolute Gasteiger partial charge is 0.246 e. The van der Waals surface area contributed by atoms with Gasteiger partial charge >= 0.3 is 0 Å². The Morgan fingerprint density at radius 3 is 2.27 bits per heavy atom. The number of hydrogen-bond acceptors (Lipinski definition) is 0. The van der Waals surface area contributed by atoms with Gasteiger partial charge in [0, 0.05) is 0 Å². The molecule has 0 N–H and O–H groups in total. The summed E-state index contributed by atoms with van der Waals surface area (Å²) < 4.78 is 13.0. The Labute approximate surface area is 93.6 Å². The maximum atomic E-state index is 13.0. The second-order valence-electron chi connectivity index (χ2n) is 4.05. The van der Waals surface area contributed by atoms with E-state index in [0.717, 1.165) is 12.0 Å². The predicted octanol–water partition coefficient (Wildman–Crippen LogP) is 4.84. The molecule has 0 aliphatic rings. The standard InChI is InChI=1S/C14H23F/c1-6-8-9-13(10-15)14(11(3)4)12(5)7-2/h6,8-9,11H,7,10H2,1-5H3/b8-6-,13-9-,14-12-. The Kier molecular flexibility index (Phi) is 7.02. The zero-order chi connectivity index (χ0) is 11.8. The van der Waals surface area contributed by atoms with E-state index >= 15 is 0 Å². The molecule has 0 amide bonds. The number of allylic oxidation sites excluding steroid dienone is 6. The first-order chi connectivity index (χ1) is 7.08. The minimum absolute atomic E-state index is 0.380. The van der Waals surface area contributed by atoms with Crippen LogP contribution < -0.4 is 0 Å². The van der Waals surface area contributed by atoms with Crippen molar-refractivity contribution >= 4 is 0 Å². The number of rotatable bonds is 5. The molecule has 0 nitrogen and oxygen atoms in total. The van der Waals surface area contributed by atoms with Gasteiger partial charge < -0.3 is 0 Å². The molecule has 15 heavy (non-hydrogen) atoms. The van der Waals surface area contributed by atoms with Gasteiger partial charge in [-0.25, -0.2) is 4.39 Å². The highest BCUT2D eigenvalue weighted by atomic mass is 19.1. The van der Waals surface area contributed by atoms with E-state index in [9.17, 15) is 4.39 Å². The maximum absolute atomic E-state index is 13.0. The molecule has 0 rings (SSSR count). The van der Waals surface area contributed by atoms with Gasteiger partial charge in [-0.2, -0.15) is 0 Å². The minimum atomic E-state index is -0.380. The molecule has 0 aliphatic carbocycles. The van der Waals surface area contributed by atoms with Crippen molar-refractivity contribution in [1.29, 1.82) is 0 Å². The normalized spacial score (nSPS) is 15.0. The first-order valence-corrected chi connectivity index (χ1v) is 5.66. The Bertz CT molecular complexity index is 267. The van der Waals surface area contributed by atoms with Crippen LogP contribution in [0.5, 0.6) is 0 Å². The fraction of sp³-hybridized carbons (Fsp3) is 0.571. The first-order valence-electron chi connectivity index (χ1n) is 5.66. The Morgan fingerprint density at radius 1 is 1.33 bits per heavy atom. The molecule has 0 spiro atoms. The highest BCUT2D eigenvalue weighted by Crippen LogP contribution is 2.25. The predicted molar refractivity (Wildman–Crippen MR) is 66.7 cm³/mol. The van der Waals surface area contributed by atoms with Crippen LogP contribution in [-0.2, 0) is 0 Å². The summed E-state index contributed by atoms with van der Waals surface area (Å²) in [7, 11) is 0. The van der Waals surface area contributed by atoms with Crippen molar-refractivity contribution in [3.05, 3.63) is 34.9 Å². The molecule has 0 saturated heterocycles. The van der Waals surface area contributed by atoms with Gasteiger partial charge in [-0.3, -0.25) is 0 Å². The zero-order valence-corrected chi connectivity index (χ0v) is 10.6. The molecule has 0 unspecified atom stereocenters. The molecule has 0 aromatic carbocycles. The van der Waals surface area contributed by atoms with E-state index in [2.05, 4.69) is 27.7 Å². The summed E-state index contributed by atoms with van der Waals surface area (Å²) in [5.41, 5.74) is 3.29. The van der Waals surface area contributed by atoms with Crippen LogP contribution in [-0.4, -0.2) is 6.67 Å². The fourth-order valence-electron chi connectivity index (χ4n) is 1.75. The Morgan fingerprint density at radius 2 is 1.93 bits per heavy atom. The molecule has 0 radical (unpaired) electrons. The van der Waals surface area contributed by atoms with Gasteiger partial charge in [0.15, 0.2) is 0 Å². The molecule has 1 heteroatoms. The van der Waals surface area contributed by atoms with Crippen molar-refractivity contribution in [2.24, 2.45) is 5.92 Å². The van der Waals surface area contributed by atoms with E-state index in [0.29, 0.717) is 5.92 Å². The van der Waals surface area contributed by atoms with Crippen LogP contribution in [0.2, 0.25) is 0 Å². The molecule has 0 aromatic heterocycles. The highest BCUT2D eigenvalue weighted by molar-refractivity contribution is 5.38. The average molecular weight is 210 g/mol. The van der Waals surface area contributed by atoms with Crippen molar-refractivity contribution in [2.75, 3.05) is 6.67 Å². The lowest BCUT2D eigenvalue weighted by atomic mass is 9.90. The number of hydrogen-bond donors (Lipinski definition) is 0.